The third kappa shape index (κ3) is 6.73. The Bertz CT molecular complexity index is 1840. The Morgan fingerprint density at radius 2 is 1.78 bits per heavy atom. The van der Waals surface area contributed by atoms with Gasteiger partial charge >= 0.3 is 5.97 Å². The van der Waals surface area contributed by atoms with Crippen molar-refractivity contribution in [3.63, 3.8) is 0 Å². The number of carbonyl (C=O) groups excluding carboxylic acids is 2. The van der Waals surface area contributed by atoms with Crippen LogP contribution in [0.15, 0.2) is 30.3 Å². The molecule has 45 heavy (non-hydrogen) atoms. The minimum atomic E-state index is -0.239. The molecule has 1 amide bonds. The number of allylic oxidation sites excluding steroid dienone is 1. The van der Waals surface area contributed by atoms with Gasteiger partial charge in [-0.2, -0.15) is 0 Å². The van der Waals surface area contributed by atoms with E-state index in [0.29, 0.717) is 31.5 Å². The molecule has 5 rings (SSSR count). The summed E-state index contributed by atoms with van der Waals surface area (Å²) in [5, 5.41) is 3.19. The molecule has 9 nitrogen and oxygen atoms in total. The van der Waals surface area contributed by atoms with E-state index in [-0.39, 0.29) is 23.7 Å². The van der Waals surface area contributed by atoms with E-state index in [4.69, 9.17) is 14.7 Å². The van der Waals surface area contributed by atoms with Crippen molar-refractivity contribution in [2.24, 2.45) is 0 Å². The number of aromatic amines is 1. The Labute approximate surface area is 266 Å². The lowest BCUT2D eigenvalue weighted by molar-refractivity contribution is -0.869. The van der Waals surface area contributed by atoms with Crippen molar-refractivity contribution >= 4 is 45.6 Å². The van der Waals surface area contributed by atoms with Crippen molar-refractivity contribution in [2.45, 2.75) is 65.8 Å². The van der Waals surface area contributed by atoms with E-state index < -0.39 is 0 Å². The molecule has 0 aromatic carbocycles. The predicted octanol–water partition coefficient (Wildman–Crippen LogP) is 6.26. The third-order valence-electron chi connectivity index (χ3n) is 9.05. The van der Waals surface area contributed by atoms with Crippen LogP contribution in [0.25, 0.3) is 33.7 Å². The van der Waals surface area contributed by atoms with Crippen LogP contribution in [-0.2, 0) is 16.1 Å². The highest BCUT2D eigenvalue weighted by atomic mass is 16.5. The number of fused-ring (bicyclic) bond motifs is 8. The molecule has 0 radical (unpaired) electrons. The van der Waals surface area contributed by atoms with E-state index in [1.807, 2.05) is 6.92 Å². The number of ether oxygens (including phenoxy) is 1. The Morgan fingerprint density at radius 3 is 2.47 bits per heavy atom. The first-order valence-electron chi connectivity index (χ1n) is 15.9. The Morgan fingerprint density at radius 1 is 1.02 bits per heavy atom. The number of H-pyrrole nitrogens is 1. The fourth-order valence-corrected chi connectivity index (χ4v) is 6.40. The number of rotatable bonds is 8. The second-order valence-corrected chi connectivity index (χ2v) is 13.4. The van der Waals surface area contributed by atoms with E-state index in [2.05, 4.69) is 100 Å². The molecule has 3 aromatic heterocycles. The maximum atomic E-state index is 14.0. The lowest BCUT2D eigenvalue weighted by atomic mass is 9.87. The highest BCUT2D eigenvalue weighted by Gasteiger charge is 2.30. The molecule has 0 aliphatic carbocycles. The molecule has 9 heteroatoms. The van der Waals surface area contributed by atoms with E-state index in [1.165, 1.54) is 7.11 Å². The van der Waals surface area contributed by atoms with Crippen molar-refractivity contribution in [3.05, 3.63) is 69.8 Å². The third-order valence-corrected chi connectivity index (χ3v) is 9.05. The summed E-state index contributed by atoms with van der Waals surface area (Å²) in [6.07, 6.45) is 2.98. The molecule has 2 aliphatic heterocycles. The Hall–Kier alpha value is -4.24. The highest BCUT2D eigenvalue weighted by molar-refractivity contribution is 6.05. The molecule has 0 saturated heterocycles. The van der Waals surface area contributed by atoms with Crippen molar-refractivity contribution in [3.8, 4) is 0 Å². The van der Waals surface area contributed by atoms with Crippen LogP contribution < -0.4 is 5.32 Å². The SMILES string of the molecule is CCn1c2cc3nc(cc4cc(C)c(cc5nc(cc1c(C(=O)NCC[N+](C)(C)C)c2C)C(CCC(=O)OC)C5C)[nH]4)C(C)=C3. The fraction of sp³-hybridized carbons (Fsp3) is 0.444. The monoisotopic (exact) mass is 611 g/mol. The van der Waals surface area contributed by atoms with Crippen LogP contribution in [0.5, 0.6) is 0 Å². The second-order valence-electron chi connectivity index (χ2n) is 13.4. The van der Waals surface area contributed by atoms with Gasteiger partial charge in [-0.05, 0) is 87.2 Å². The van der Waals surface area contributed by atoms with Gasteiger partial charge < -0.3 is 24.1 Å². The number of hydrogen-bond donors (Lipinski definition) is 2. The normalized spacial score (nSPS) is 16.4. The molecule has 5 heterocycles. The van der Waals surface area contributed by atoms with Crippen molar-refractivity contribution in [1.82, 2.24) is 24.8 Å². The summed E-state index contributed by atoms with van der Waals surface area (Å²) in [4.78, 5) is 39.9. The minimum Gasteiger partial charge on any atom is -0.469 e. The van der Waals surface area contributed by atoms with E-state index in [1.54, 1.807) is 0 Å². The number of methoxy groups -OCH3 is 1. The summed E-state index contributed by atoms with van der Waals surface area (Å²) in [5.41, 5.74) is 11.0. The maximum absolute atomic E-state index is 14.0. The van der Waals surface area contributed by atoms with Crippen LogP contribution in [0.2, 0.25) is 0 Å². The molecule has 2 aliphatic rings. The van der Waals surface area contributed by atoms with E-state index >= 15 is 0 Å². The van der Waals surface area contributed by atoms with Gasteiger partial charge in [0.1, 0.15) is 0 Å². The van der Waals surface area contributed by atoms with Crippen LogP contribution in [0.1, 0.15) is 89.7 Å². The van der Waals surface area contributed by atoms with Gasteiger partial charge in [0.25, 0.3) is 5.91 Å². The summed E-state index contributed by atoms with van der Waals surface area (Å²) in [6, 6.07) is 10.5. The van der Waals surface area contributed by atoms with Crippen molar-refractivity contribution in [2.75, 3.05) is 41.3 Å². The number of nitrogens with one attached hydrogen (secondary N) is 2. The van der Waals surface area contributed by atoms with Crippen LogP contribution in [-0.4, -0.2) is 77.2 Å². The summed E-state index contributed by atoms with van der Waals surface area (Å²) >= 11 is 0. The zero-order chi connectivity index (χ0) is 32.6. The number of quaternary nitrogens is 1. The average Bonchev–Trinajstić information content (AvgIpc) is 3.65. The Balaban J connectivity index is 1.84. The summed E-state index contributed by atoms with van der Waals surface area (Å²) in [5.74, 6) is -0.297. The molecular formula is C36H47N6O3+. The topological polar surface area (TPSA) is 102 Å². The molecule has 2 atom stereocenters. The van der Waals surface area contributed by atoms with Gasteiger partial charge in [-0.15, -0.1) is 0 Å². The number of aromatic nitrogens is 4. The first-order chi connectivity index (χ1) is 21.3. The Kier molecular flexibility index (Phi) is 9.03. The van der Waals surface area contributed by atoms with Gasteiger partial charge in [-0.1, -0.05) is 6.92 Å². The van der Waals surface area contributed by atoms with Crippen molar-refractivity contribution in [1.29, 1.82) is 0 Å². The van der Waals surface area contributed by atoms with Crippen molar-refractivity contribution < 1.29 is 18.8 Å². The van der Waals surface area contributed by atoms with Crippen LogP contribution in [0, 0.1) is 13.8 Å². The predicted molar refractivity (Wildman–Crippen MR) is 181 cm³/mol. The van der Waals surface area contributed by atoms with Gasteiger partial charge in [-0.25, -0.2) is 4.98 Å². The molecule has 0 saturated carbocycles. The molecule has 0 spiro atoms. The largest absolute Gasteiger partial charge is 0.469 e. The summed E-state index contributed by atoms with van der Waals surface area (Å²) in [7, 11) is 7.77. The second kappa shape index (κ2) is 12.6. The number of hydrogen-bond acceptors (Lipinski definition) is 5. The van der Waals surface area contributed by atoms with Crippen LogP contribution in [0.3, 0.4) is 0 Å². The zero-order valence-electron chi connectivity index (χ0n) is 28.2. The van der Waals surface area contributed by atoms with Gasteiger partial charge in [0.05, 0.1) is 63.8 Å². The van der Waals surface area contributed by atoms with Gasteiger partial charge in [0, 0.05) is 52.7 Å². The number of nitrogens with zero attached hydrogens (tertiary/aromatic N) is 4. The number of likely N-dealkylation sites (N-methyl/N-ethyl adjacent to an activating group) is 1. The van der Waals surface area contributed by atoms with Crippen LogP contribution >= 0.6 is 0 Å². The fourth-order valence-electron chi connectivity index (χ4n) is 6.40. The smallest absolute Gasteiger partial charge is 0.305 e. The molecule has 3 aromatic rings. The minimum absolute atomic E-state index is 0.0177. The molecule has 0 fully saturated rings. The first kappa shape index (κ1) is 32.2. The standard InChI is InChI=1S/C36H46N6O3/c1-10-41-32-18-26-16-21(2)28(39-26)17-25-15-22(3)29(38-25)19-30-23(4)27(11-12-34(43)45-9)31(40-30)20-33(41)35(24(32)5)36(44)37-13-14-42(6,7)8/h15-20,23,27H,10-14H2,1-9H3,(H-,37,38,39,40,44)/p+1. The lowest BCUT2D eigenvalue weighted by Gasteiger charge is -2.23. The lowest BCUT2D eigenvalue weighted by Crippen LogP contribution is -2.41. The summed E-state index contributed by atoms with van der Waals surface area (Å²) < 4.78 is 7.93. The van der Waals surface area contributed by atoms with Gasteiger partial charge in [0.2, 0.25) is 0 Å². The molecule has 8 bridgehead atoms. The number of esters is 1. The zero-order valence-corrected chi connectivity index (χ0v) is 28.2. The number of aryl methyl sites for hydroxylation is 3. The summed E-state index contributed by atoms with van der Waals surface area (Å²) in [6.45, 7) is 12.5. The quantitative estimate of drug-likeness (QED) is 0.231. The average molecular weight is 612 g/mol. The number of carbonyl (C=O) groups is 2. The highest BCUT2D eigenvalue weighted by Crippen LogP contribution is 2.40. The molecular weight excluding hydrogens is 564 g/mol. The first-order valence-corrected chi connectivity index (χ1v) is 15.9. The molecule has 2 N–H and O–H groups in total. The van der Waals surface area contributed by atoms with E-state index in [0.717, 1.165) is 72.6 Å². The molecule has 2 unspecified atom stereocenters. The number of amides is 1. The van der Waals surface area contributed by atoms with Crippen LogP contribution in [0.4, 0.5) is 0 Å². The van der Waals surface area contributed by atoms with E-state index in [9.17, 15) is 9.59 Å². The van der Waals surface area contributed by atoms with Gasteiger partial charge in [-0.3, -0.25) is 14.6 Å². The van der Waals surface area contributed by atoms with Gasteiger partial charge in [0.15, 0.2) is 0 Å². The maximum Gasteiger partial charge on any atom is 0.305 e. The molecule has 238 valence electrons.